The summed E-state index contributed by atoms with van der Waals surface area (Å²) in [5.74, 6) is 0. The molecular formula is C11H11Cl3NTi. The zero-order valence-electron chi connectivity index (χ0n) is 8.54. The van der Waals surface area contributed by atoms with Crippen LogP contribution in [0.5, 0.6) is 0 Å². The first-order valence-corrected chi connectivity index (χ1v) is 6.33. The van der Waals surface area contributed by atoms with Gasteiger partial charge in [-0.25, -0.2) is 0 Å². The van der Waals surface area contributed by atoms with Crippen LogP contribution < -0.4 is 37.2 Å². The van der Waals surface area contributed by atoms with Gasteiger partial charge < -0.3 is 37.2 Å². The van der Waals surface area contributed by atoms with Gasteiger partial charge in [-0.1, -0.05) is 0 Å². The standard InChI is InChI=1S/C6H6N.C5H5.3ClH.Ti/c1-6-4-2-3-5-7-6;1-2-4-5-3-1;;;;/h2-5H,1H2;1-3H,4H2;3*1H;/q;;;;;+3/p-3. The predicted octanol–water partition coefficient (Wildman–Crippen LogP) is -6.48. The number of hydrogen-bond donors (Lipinski definition) is 0. The van der Waals surface area contributed by atoms with Crippen molar-refractivity contribution in [2.75, 3.05) is 0 Å². The van der Waals surface area contributed by atoms with Crippen LogP contribution in [0.4, 0.5) is 0 Å². The average Bonchev–Trinajstić information content (AvgIpc) is 2.69. The summed E-state index contributed by atoms with van der Waals surface area (Å²) >= 11 is 0.0473. The Morgan fingerprint density at radius 1 is 1.19 bits per heavy atom. The number of nitrogens with zero attached hydrogens (tertiary/aromatic N) is 1. The molecule has 0 N–H and O–H groups in total. The van der Waals surface area contributed by atoms with Gasteiger partial charge in [0.25, 0.3) is 0 Å². The molecule has 0 bridgehead atoms. The van der Waals surface area contributed by atoms with Crippen molar-refractivity contribution < 1.29 is 56.4 Å². The van der Waals surface area contributed by atoms with Crippen LogP contribution in [0.2, 0.25) is 0 Å². The Hall–Kier alpha value is 0.214. The predicted molar refractivity (Wildman–Crippen MR) is 49.8 cm³/mol. The minimum Gasteiger partial charge on any atom is -1.00 e. The minimum absolute atomic E-state index is 0. The Kier molecular flexibility index (Phi) is 12.0. The Balaban J connectivity index is 0. The molecule has 0 saturated heterocycles. The zero-order chi connectivity index (χ0) is 8.93. The minimum atomic E-state index is 0. The van der Waals surface area contributed by atoms with Gasteiger partial charge in [0.1, 0.15) is 0 Å². The van der Waals surface area contributed by atoms with Crippen molar-refractivity contribution in [2.45, 2.75) is 11.1 Å². The third kappa shape index (κ3) is 6.07. The first kappa shape index (κ1) is 18.6. The maximum atomic E-state index is 4.32. The molecule has 5 heteroatoms. The molecule has 0 radical (unpaired) electrons. The zero-order valence-corrected chi connectivity index (χ0v) is 12.4. The van der Waals surface area contributed by atoms with E-state index in [2.05, 4.69) is 35.3 Å². The summed E-state index contributed by atoms with van der Waals surface area (Å²) in [5.41, 5.74) is 1.25. The molecule has 85 valence electrons. The fourth-order valence-electron chi connectivity index (χ4n) is 1.29. The molecule has 0 aliphatic heterocycles. The summed E-state index contributed by atoms with van der Waals surface area (Å²) in [6.07, 6.45) is 9.73. The van der Waals surface area contributed by atoms with Gasteiger partial charge in [0.2, 0.25) is 0 Å². The number of rotatable bonds is 3. The van der Waals surface area contributed by atoms with E-state index in [1.54, 1.807) is 3.88 Å². The molecule has 0 spiro atoms. The van der Waals surface area contributed by atoms with Gasteiger partial charge in [-0.2, -0.15) is 0 Å². The van der Waals surface area contributed by atoms with Gasteiger partial charge in [-0.05, 0) is 0 Å². The molecule has 1 aromatic rings. The molecular weight excluding hydrogens is 300 g/mol. The van der Waals surface area contributed by atoms with Crippen molar-refractivity contribution in [1.82, 2.24) is 4.98 Å². The van der Waals surface area contributed by atoms with E-state index >= 15 is 0 Å². The van der Waals surface area contributed by atoms with Crippen LogP contribution in [0.15, 0.2) is 46.5 Å². The molecule has 0 fully saturated rings. The van der Waals surface area contributed by atoms with E-state index in [1.165, 1.54) is 16.8 Å². The smallest absolute Gasteiger partial charge is 1.00 e. The van der Waals surface area contributed by atoms with E-state index in [0.29, 0.717) is 0 Å². The quantitative estimate of drug-likeness (QED) is 0.506. The molecule has 1 aliphatic carbocycles. The van der Waals surface area contributed by atoms with Crippen molar-refractivity contribution in [3.63, 3.8) is 0 Å². The fourth-order valence-corrected chi connectivity index (χ4v) is 2.99. The summed E-state index contributed by atoms with van der Waals surface area (Å²) < 4.78 is 2.83. The van der Waals surface area contributed by atoms with E-state index in [9.17, 15) is 0 Å². The maximum absolute atomic E-state index is 4.32. The summed E-state index contributed by atoms with van der Waals surface area (Å²) in [6, 6.07) is 6.15. The summed E-state index contributed by atoms with van der Waals surface area (Å²) in [6.45, 7) is 0. The van der Waals surface area contributed by atoms with Gasteiger partial charge in [0.15, 0.2) is 0 Å². The van der Waals surface area contributed by atoms with Crippen molar-refractivity contribution in [3.05, 3.63) is 52.2 Å². The average molecular weight is 311 g/mol. The number of halogens is 3. The number of hydrogen-bond acceptors (Lipinski definition) is 1. The van der Waals surface area contributed by atoms with Gasteiger partial charge in [-0.3, -0.25) is 0 Å². The van der Waals surface area contributed by atoms with Gasteiger partial charge >= 0.3 is 87.5 Å². The van der Waals surface area contributed by atoms with Gasteiger partial charge in [0, 0.05) is 0 Å². The van der Waals surface area contributed by atoms with Gasteiger partial charge in [0.05, 0.1) is 0 Å². The molecule has 1 nitrogen and oxygen atoms in total. The first-order valence-electron chi connectivity index (χ1n) is 4.44. The summed E-state index contributed by atoms with van der Waals surface area (Å²) in [5, 5.41) is 0. The normalized spacial score (nSPS) is 11.4. The fraction of sp³-hybridized carbons (Fsp3) is 0.182. The Bertz CT molecular complexity index is 338. The van der Waals surface area contributed by atoms with Crippen LogP contribution in [-0.4, -0.2) is 4.98 Å². The molecule has 0 aromatic carbocycles. The van der Waals surface area contributed by atoms with Crippen molar-refractivity contribution >= 4 is 0 Å². The Morgan fingerprint density at radius 3 is 2.56 bits per heavy atom. The number of aromatic nitrogens is 1. The van der Waals surface area contributed by atoms with Crippen molar-refractivity contribution in [1.29, 1.82) is 0 Å². The summed E-state index contributed by atoms with van der Waals surface area (Å²) in [4.78, 5) is 4.32. The number of allylic oxidation sites excluding steroid dienone is 4. The van der Waals surface area contributed by atoms with Crippen LogP contribution in [0.3, 0.4) is 0 Å². The molecule has 16 heavy (non-hydrogen) atoms. The first-order chi connectivity index (χ1) is 6.45. The van der Waals surface area contributed by atoms with Crippen molar-refractivity contribution in [2.24, 2.45) is 0 Å². The molecule has 1 aromatic heterocycles. The van der Waals surface area contributed by atoms with Crippen molar-refractivity contribution in [3.8, 4) is 0 Å². The van der Waals surface area contributed by atoms with Gasteiger partial charge in [-0.15, -0.1) is 0 Å². The maximum Gasteiger partial charge on any atom is -1.00 e. The van der Waals surface area contributed by atoms with Crippen LogP contribution >= 0.6 is 0 Å². The second kappa shape index (κ2) is 10.4. The summed E-state index contributed by atoms with van der Waals surface area (Å²) in [7, 11) is 0. The molecule has 0 amide bonds. The van der Waals surface area contributed by atoms with Crippen LogP contribution in [-0.2, 0) is 23.9 Å². The van der Waals surface area contributed by atoms with E-state index < -0.39 is 0 Å². The third-order valence-corrected chi connectivity index (χ3v) is 4.12. The molecule has 1 aliphatic rings. The monoisotopic (exact) mass is 310 g/mol. The van der Waals surface area contributed by atoms with Crippen LogP contribution in [0.25, 0.3) is 0 Å². The third-order valence-electron chi connectivity index (χ3n) is 1.99. The topological polar surface area (TPSA) is 12.9 Å². The second-order valence-electron chi connectivity index (χ2n) is 3.00. The van der Waals surface area contributed by atoms with E-state index in [0.717, 1.165) is 0 Å². The van der Waals surface area contributed by atoms with Crippen LogP contribution in [0.1, 0.15) is 12.1 Å². The molecule has 1 heterocycles. The Labute approximate surface area is 124 Å². The van der Waals surface area contributed by atoms with E-state index in [1.807, 2.05) is 12.3 Å². The molecule has 2 rings (SSSR count). The molecule has 0 atom stereocenters. The second-order valence-corrected chi connectivity index (χ2v) is 5.11. The SMILES string of the molecule is C1=CC[C]([Ti+3][CH2]c2ccccn2)=C1.[Cl-].[Cl-].[Cl-]. The molecule has 0 saturated carbocycles. The number of pyridine rings is 1. The van der Waals surface area contributed by atoms with Crippen LogP contribution in [0, 0.1) is 0 Å². The Morgan fingerprint density at radius 2 is 2.00 bits per heavy atom. The van der Waals surface area contributed by atoms with E-state index in [-0.39, 0.29) is 56.4 Å². The van der Waals surface area contributed by atoms with E-state index in [4.69, 9.17) is 0 Å². The largest absolute Gasteiger partial charge is 1.00 e. The molecule has 0 unspecified atom stereocenters.